The van der Waals surface area contributed by atoms with Crippen molar-refractivity contribution in [2.24, 2.45) is 0 Å². The van der Waals surface area contributed by atoms with Gasteiger partial charge in [0.2, 0.25) is 0 Å². The van der Waals surface area contributed by atoms with E-state index in [-0.39, 0.29) is 6.10 Å². The van der Waals surface area contributed by atoms with E-state index in [4.69, 9.17) is 0 Å². The molecule has 2 atom stereocenters. The molecule has 2 nitrogen and oxygen atoms in total. The van der Waals surface area contributed by atoms with E-state index in [1.54, 1.807) is 0 Å². The van der Waals surface area contributed by atoms with Crippen molar-refractivity contribution >= 4 is 0 Å². The maximum absolute atomic E-state index is 10.5. The molecule has 0 saturated carbocycles. The molecule has 106 valence electrons. The number of likely N-dealkylation sites (tertiary alicyclic amines) is 1. The summed E-state index contributed by atoms with van der Waals surface area (Å²) in [4.78, 5) is 2.50. The first-order valence-corrected chi connectivity index (χ1v) is 7.70. The number of rotatable bonds is 4. The second-order valence-electron chi connectivity index (χ2n) is 5.78. The van der Waals surface area contributed by atoms with Crippen molar-refractivity contribution in [3.63, 3.8) is 0 Å². The number of β-amino-alcohol motifs (C(OH)–C–C–N with tert-alkyl or cyclic N) is 1. The van der Waals surface area contributed by atoms with Crippen molar-refractivity contribution in [2.75, 3.05) is 13.1 Å². The van der Waals surface area contributed by atoms with Crippen LogP contribution in [0.1, 0.15) is 56.3 Å². The molecule has 0 amide bonds. The number of aryl methyl sites for hydroxylation is 1. The summed E-state index contributed by atoms with van der Waals surface area (Å²) in [6, 6.07) is 8.84. The van der Waals surface area contributed by atoms with Crippen molar-refractivity contribution in [3.05, 3.63) is 35.4 Å². The number of hydrogen-bond donors (Lipinski definition) is 1. The topological polar surface area (TPSA) is 23.5 Å². The van der Waals surface area contributed by atoms with Crippen LogP contribution in [0.25, 0.3) is 0 Å². The Bertz CT molecular complexity index is 391. The average Bonchev–Trinajstić information content (AvgIpc) is 2.64. The van der Waals surface area contributed by atoms with Crippen LogP contribution in [0.3, 0.4) is 0 Å². The molecule has 1 saturated heterocycles. The Kier molecular flexibility index (Phi) is 5.41. The number of aliphatic hydroxyl groups is 1. The van der Waals surface area contributed by atoms with Crippen LogP contribution < -0.4 is 0 Å². The van der Waals surface area contributed by atoms with E-state index in [0.717, 1.165) is 18.7 Å². The summed E-state index contributed by atoms with van der Waals surface area (Å²) < 4.78 is 0. The number of aliphatic hydroxyl groups excluding tert-OH is 1. The van der Waals surface area contributed by atoms with Gasteiger partial charge >= 0.3 is 0 Å². The Morgan fingerprint density at radius 2 is 2.05 bits per heavy atom. The lowest BCUT2D eigenvalue weighted by Crippen LogP contribution is -2.37. The molecule has 1 fully saturated rings. The predicted octanol–water partition coefficient (Wildman–Crippen LogP) is 3.68. The number of nitrogens with zero attached hydrogens (tertiary/aromatic N) is 1. The number of benzene rings is 1. The molecule has 1 N–H and O–H groups in total. The lowest BCUT2D eigenvalue weighted by molar-refractivity contribution is 0.0861. The van der Waals surface area contributed by atoms with Gasteiger partial charge in [0.1, 0.15) is 0 Å². The maximum Gasteiger partial charge on any atom is 0.0919 e. The van der Waals surface area contributed by atoms with Gasteiger partial charge in [-0.3, -0.25) is 4.90 Å². The Hall–Kier alpha value is -0.860. The van der Waals surface area contributed by atoms with Gasteiger partial charge in [0.25, 0.3) is 0 Å². The summed E-state index contributed by atoms with van der Waals surface area (Å²) in [7, 11) is 0. The minimum atomic E-state index is -0.353. The van der Waals surface area contributed by atoms with Crippen molar-refractivity contribution in [1.29, 1.82) is 0 Å². The lowest BCUT2D eigenvalue weighted by Gasteiger charge is -2.31. The van der Waals surface area contributed by atoms with Crippen LogP contribution in [0.15, 0.2) is 24.3 Å². The van der Waals surface area contributed by atoms with E-state index in [1.165, 1.54) is 37.7 Å². The van der Waals surface area contributed by atoms with E-state index in [2.05, 4.69) is 30.9 Å². The van der Waals surface area contributed by atoms with Crippen LogP contribution in [0, 0.1) is 6.92 Å². The van der Waals surface area contributed by atoms with Gasteiger partial charge in [-0.2, -0.15) is 0 Å². The molecule has 0 radical (unpaired) electrons. The highest BCUT2D eigenvalue weighted by molar-refractivity contribution is 5.27. The molecule has 1 aromatic carbocycles. The Labute approximate surface area is 117 Å². The van der Waals surface area contributed by atoms with Crippen molar-refractivity contribution in [1.82, 2.24) is 4.90 Å². The van der Waals surface area contributed by atoms with E-state index in [1.807, 2.05) is 12.1 Å². The third-order valence-corrected chi connectivity index (χ3v) is 4.43. The molecule has 2 rings (SSSR count). The lowest BCUT2D eigenvalue weighted by atomic mass is 10.0. The fraction of sp³-hybridized carbons (Fsp3) is 0.647. The molecular formula is C17H27NO. The fourth-order valence-corrected chi connectivity index (χ4v) is 3.22. The van der Waals surface area contributed by atoms with E-state index < -0.39 is 0 Å². The molecule has 2 unspecified atom stereocenters. The van der Waals surface area contributed by atoms with Crippen molar-refractivity contribution < 1.29 is 5.11 Å². The third kappa shape index (κ3) is 3.80. The zero-order valence-electron chi connectivity index (χ0n) is 12.3. The standard InChI is InChI=1S/C17H27NO/c1-3-15-10-5-4-8-12-18(15)13-17(19)16-11-7-6-9-14(16)2/h6-7,9,11,15,17,19H,3-5,8,10,12-13H2,1-2H3. The molecule has 0 bridgehead atoms. The highest BCUT2D eigenvalue weighted by Crippen LogP contribution is 2.24. The molecule has 2 heteroatoms. The van der Waals surface area contributed by atoms with Crippen LogP contribution in [-0.2, 0) is 0 Å². The molecule has 1 aromatic rings. The average molecular weight is 261 g/mol. The van der Waals surface area contributed by atoms with Gasteiger partial charge in [-0.05, 0) is 43.9 Å². The van der Waals surface area contributed by atoms with E-state index in [9.17, 15) is 5.11 Å². The summed E-state index contributed by atoms with van der Waals surface area (Å²) in [5, 5.41) is 10.5. The summed E-state index contributed by atoms with van der Waals surface area (Å²) in [5.41, 5.74) is 2.28. The van der Waals surface area contributed by atoms with Gasteiger partial charge in [-0.15, -0.1) is 0 Å². The highest BCUT2D eigenvalue weighted by Gasteiger charge is 2.22. The van der Waals surface area contributed by atoms with Gasteiger partial charge in [0, 0.05) is 12.6 Å². The fourth-order valence-electron chi connectivity index (χ4n) is 3.22. The minimum Gasteiger partial charge on any atom is -0.387 e. The zero-order valence-corrected chi connectivity index (χ0v) is 12.3. The largest absolute Gasteiger partial charge is 0.387 e. The first-order chi connectivity index (χ1) is 9.22. The van der Waals surface area contributed by atoms with Crippen LogP contribution in [0.5, 0.6) is 0 Å². The van der Waals surface area contributed by atoms with Gasteiger partial charge in [-0.25, -0.2) is 0 Å². The van der Waals surface area contributed by atoms with Crippen LogP contribution in [0.2, 0.25) is 0 Å². The molecule has 1 heterocycles. The monoisotopic (exact) mass is 261 g/mol. The minimum absolute atomic E-state index is 0.353. The second-order valence-corrected chi connectivity index (χ2v) is 5.78. The Morgan fingerprint density at radius 3 is 2.79 bits per heavy atom. The molecular weight excluding hydrogens is 234 g/mol. The molecule has 0 aliphatic carbocycles. The molecule has 0 spiro atoms. The Balaban J connectivity index is 2.04. The molecule has 19 heavy (non-hydrogen) atoms. The van der Waals surface area contributed by atoms with Gasteiger partial charge in [0.05, 0.1) is 6.10 Å². The van der Waals surface area contributed by atoms with Crippen molar-refractivity contribution in [2.45, 2.75) is 58.1 Å². The summed E-state index contributed by atoms with van der Waals surface area (Å²) in [6.07, 6.45) is 6.09. The molecule has 1 aliphatic heterocycles. The van der Waals surface area contributed by atoms with Crippen molar-refractivity contribution in [3.8, 4) is 0 Å². The van der Waals surface area contributed by atoms with Crippen LogP contribution >= 0.6 is 0 Å². The highest BCUT2D eigenvalue weighted by atomic mass is 16.3. The Morgan fingerprint density at radius 1 is 1.26 bits per heavy atom. The SMILES string of the molecule is CCC1CCCCCN1CC(O)c1ccccc1C. The van der Waals surface area contributed by atoms with Gasteiger partial charge in [0.15, 0.2) is 0 Å². The first-order valence-electron chi connectivity index (χ1n) is 7.70. The smallest absolute Gasteiger partial charge is 0.0919 e. The zero-order chi connectivity index (χ0) is 13.7. The molecule has 0 aromatic heterocycles. The quantitative estimate of drug-likeness (QED) is 0.893. The predicted molar refractivity (Wildman–Crippen MR) is 80.3 cm³/mol. The first kappa shape index (κ1) is 14.5. The molecule has 1 aliphatic rings. The van der Waals surface area contributed by atoms with Crippen LogP contribution in [0.4, 0.5) is 0 Å². The second kappa shape index (κ2) is 7.06. The third-order valence-electron chi connectivity index (χ3n) is 4.43. The van der Waals surface area contributed by atoms with Gasteiger partial charge < -0.3 is 5.11 Å². The van der Waals surface area contributed by atoms with Gasteiger partial charge in [-0.1, -0.05) is 44.0 Å². The number of hydrogen-bond acceptors (Lipinski definition) is 2. The van der Waals surface area contributed by atoms with Crippen LogP contribution in [-0.4, -0.2) is 29.1 Å². The van der Waals surface area contributed by atoms with E-state index >= 15 is 0 Å². The maximum atomic E-state index is 10.5. The summed E-state index contributed by atoms with van der Waals surface area (Å²) in [5.74, 6) is 0. The summed E-state index contributed by atoms with van der Waals surface area (Å²) in [6.45, 7) is 6.27. The van der Waals surface area contributed by atoms with E-state index in [0.29, 0.717) is 6.04 Å². The summed E-state index contributed by atoms with van der Waals surface area (Å²) >= 11 is 0. The normalized spacial score (nSPS) is 23.0.